The topological polar surface area (TPSA) is 52.6 Å². The van der Waals surface area contributed by atoms with E-state index in [-0.39, 0.29) is 28.8 Å². The number of carbonyl (C=O) groups excluding carboxylic acids is 2. The maximum atomic E-state index is 12.6. The highest BCUT2D eigenvalue weighted by atomic mass is 16.5. The molecule has 0 amide bonds. The standard InChI is InChI=1S/C23H24O4/c1-14(2)22(25)26-17-10-11-18-19(13-17)27-20(21(18)24)12-15-6-8-16(9-7-15)23(3,4)5/h6-14H,1-5H3. The van der Waals surface area contributed by atoms with Crippen LogP contribution in [-0.4, -0.2) is 11.8 Å². The van der Waals surface area contributed by atoms with E-state index >= 15 is 0 Å². The van der Waals surface area contributed by atoms with Crippen molar-refractivity contribution in [2.24, 2.45) is 5.92 Å². The quantitative estimate of drug-likeness (QED) is 0.429. The summed E-state index contributed by atoms with van der Waals surface area (Å²) in [6, 6.07) is 12.9. The van der Waals surface area contributed by atoms with E-state index in [1.807, 2.05) is 12.1 Å². The van der Waals surface area contributed by atoms with Gasteiger partial charge in [-0.15, -0.1) is 0 Å². The number of ketones is 1. The average molecular weight is 364 g/mol. The summed E-state index contributed by atoms with van der Waals surface area (Å²) in [7, 11) is 0. The van der Waals surface area contributed by atoms with Gasteiger partial charge >= 0.3 is 5.97 Å². The van der Waals surface area contributed by atoms with Crippen molar-refractivity contribution in [1.82, 2.24) is 0 Å². The van der Waals surface area contributed by atoms with Crippen LogP contribution in [0.2, 0.25) is 0 Å². The lowest BCUT2D eigenvalue weighted by Crippen LogP contribution is -2.14. The number of ether oxygens (including phenoxy) is 2. The molecule has 27 heavy (non-hydrogen) atoms. The van der Waals surface area contributed by atoms with Gasteiger partial charge in [-0.25, -0.2) is 0 Å². The van der Waals surface area contributed by atoms with Gasteiger partial charge in [0.1, 0.15) is 11.5 Å². The molecular weight excluding hydrogens is 340 g/mol. The largest absolute Gasteiger partial charge is 0.452 e. The Hall–Kier alpha value is -2.88. The maximum Gasteiger partial charge on any atom is 0.313 e. The van der Waals surface area contributed by atoms with Gasteiger partial charge in [-0.2, -0.15) is 0 Å². The molecule has 0 bridgehead atoms. The third kappa shape index (κ3) is 4.11. The predicted molar refractivity (Wildman–Crippen MR) is 105 cm³/mol. The highest BCUT2D eigenvalue weighted by Crippen LogP contribution is 2.35. The summed E-state index contributed by atoms with van der Waals surface area (Å²) in [4.78, 5) is 24.3. The number of benzene rings is 2. The average Bonchev–Trinajstić information content (AvgIpc) is 2.90. The molecule has 0 N–H and O–H groups in total. The zero-order valence-corrected chi connectivity index (χ0v) is 16.3. The van der Waals surface area contributed by atoms with Crippen molar-refractivity contribution in [2.45, 2.75) is 40.0 Å². The molecule has 4 nitrogen and oxygen atoms in total. The third-order valence-electron chi connectivity index (χ3n) is 4.41. The highest BCUT2D eigenvalue weighted by molar-refractivity contribution is 6.14. The van der Waals surface area contributed by atoms with Gasteiger partial charge < -0.3 is 9.47 Å². The normalized spacial score (nSPS) is 15.0. The first-order chi connectivity index (χ1) is 12.6. The number of Topliss-reactive ketones (excluding diaryl/α,β-unsaturated/α-hetero) is 1. The summed E-state index contributed by atoms with van der Waals surface area (Å²) >= 11 is 0. The second-order valence-electron chi connectivity index (χ2n) is 8.05. The van der Waals surface area contributed by atoms with Crippen LogP contribution in [0.4, 0.5) is 0 Å². The van der Waals surface area contributed by atoms with E-state index in [1.165, 1.54) is 5.56 Å². The van der Waals surface area contributed by atoms with Crippen LogP contribution in [0.1, 0.15) is 56.1 Å². The van der Waals surface area contributed by atoms with Gasteiger partial charge in [0.05, 0.1) is 11.5 Å². The van der Waals surface area contributed by atoms with Crippen LogP contribution >= 0.6 is 0 Å². The summed E-state index contributed by atoms with van der Waals surface area (Å²) < 4.78 is 11.0. The van der Waals surface area contributed by atoms with E-state index < -0.39 is 0 Å². The number of carbonyl (C=O) groups is 2. The Morgan fingerprint density at radius 2 is 1.74 bits per heavy atom. The molecule has 2 aromatic carbocycles. The van der Waals surface area contributed by atoms with Crippen molar-refractivity contribution in [1.29, 1.82) is 0 Å². The van der Waals surface area contributed by atoms with Crippen molar-refractivity contribution in [3.05, 3.63) is 64.9 Å². The number of allylic oxidation sites excluding steroid dienone is 1. The molecule has 1 aliphatic rings. The molecule has 1 aliphatic heterocycles. The van der Waals surface area contributed by atoms with Crippen LogP contribution in [0.25, 0.3) is 6.08 Å². The molecule has 2 aromatic rings. The Balaban J connectivity index is 1.82. The molecule has 0 saturated carbocycles. The van der Waals surface area contributed by atoms with Gasteiger partial charge in [0.25, 0.3) is 0 Å². The molecule has 0 saturated heterocycles. The SMILES string of the molecule is CC(C)C(=O)Oc1ccc2c(c1)OC(=Cc1ccc(C(C)(C)C)cc1)C2=O. The smallest absolute Gasteiger partial charge is 0.313 e. The molecule has 0 aliphatic carbocycles. The van der Waals surface area contributed by atoms with Crippen LogP contribution in [0.5, 0.6) is 11.5 Å². The molecule has 0 atom stereocenters. The molecule has 1 heterocycles. The van der Waals surface area contributed by atoms with E-state index in [4.69, 9.17) is 9.47 Å². The Labute approximate surface area is 159 Å². The number of esters is 1. The molecule has 0 radical (unpaired) electrons. The minimum atomic E-state index is -0.325. The van der Waals surface area contributed by atoms with E-state index in [9.17, 15) is 9.59 Å². The second kappa shape index (κ2) is 7.03. The molecular formula is C23H24O4. The van der Waals surface area contributed by atoms with Crippen LogP contribution in [0.3, 0.4) is 0 Å². The lowest BCUT2D eigenvalue weighted by atomic mass is 9.86. The van der Waals surface area contributed by atoms with Crippen LogP contribution < -0.4 is 9.47 Å². The maximum absolute atomic E-state index is 12.6. The zero-order valence-electron chi connectivity index (χ0n) is 16.3. The van der Waals surface area contributed by atoms with Gasteiger partial charge in [-0.1, -0.05) is 58.9 Å². The summed E-state index contributed by atoms with van der Waals surface area (Å²) in [6.07, 6.45) is 1.73. The summed E-state index contributed by atoms with van der Waals surface area (Å²) in [5, 5.41) is 0. The molecule has 0 fully saturated rings. The molecule has 3 rings (SSSR count). The summed E-state index contributed by atoms with van der Waals surface area (Å²) in [5.41, 5.74) is 2.66. The summed E-state index contributed by atoms with van der Waals surface area (Å²) in [6.45, 7) is 10.0. The minimum Gasteiger partial charge on any atom is -0.452 e. The van der Waals surface area contributed by atoms with Crippen molar-refractivity contribution >= 4 is 17.8 Å². The highest BCUT2D eigenvalue weighted by Gasteiger charge is 2.28. The first-order valence-electron chi connectivity index (χ1n) is 9.05. The monoisotopic (exact) mass is 364 g/mol. The molecule has 140 valence electrons. The first kappa shape index (κ1) is 18.9. The fraction of sp³-hybridized carbons (Fsp3) is 0.304. The molecule has 4 heteroatoms. The summed E-state index contributed by atoms with van der Waals surface area (Å²) in [5.74, 6) is 0.316. The number of hydrogen-bond acceptors (Lipinski definition) is 4. The first-order valence-corrected chi connectivity index (χ1v) is 9.05. The zero-order chi connectivity index (χ0) is 19.8. The fourth-order valence-corrected chi connectivity index (χ4v) is 2.70. The molecule has 0 aromatic heterocycles. The van der Waals surface area contributed by atoms with E-state index in [1.54, 1.807) is 38.1 Å². The second-order valence-corrected chi connectivity index (χ2v) is 8.05. The van der Waals surface area contributed by atoms with Crippen LogP contribution in [0, 0.1) is 5.92 Å². The van der Waals surface area contributed by atoms with Crippen molar-refractivity contribution in [3.63, 3.8) is 0 Å². The number of rotatable bonds is 3. The minimum absolute atomic E-state index is 0.0748. The van der Waals surface area contributed by atoms with Gasteiger partial charge in [0.15, 0.2) is 5.76 Å². The van der Waals surface area contributed by atoms with Crippen molar-refractivity contribution in [2.75, 3.05) is 0 Å². The lowest BCUT2D eigenvalue weighted by molar-refractivity contribution is -0.137. The lowest BCUT2D eigenvalue weighted by Gasteiger charge is -2.18. The molecule has 0 unspecified atom stereocenters. The third-order valence-corrected chi connectivity index (χ3v) is 4.41. The predicted octanol–water partition coefficient (Wildman–Crippen LogP) is 5.16. The van der Waals surface area contributed by atoms with E-state index in [0.717, 1.165) is 5.56 Å². The van der Waals surface area contributed by atoms with Crippen molar-refractivity contribution < 1.29 is 19.1 Å². The Kier molecular flexibility index (Phi) is 4.92. The van der Waals surface area contributed by atoms with Gasteiger partial charge in [-0.3, -0.25) is 9.59 Å². The van der Waals surface area contributed by atoms with Gasteiger partial charge in [-0.05, 0) is 34.8 Å². The van der Waals surface area contributed by atoms with Crippen LogP contribution in [-0.2, 0) is 10.2 Å². The van der Waals surface area contributed by atoms with Crippen molar-refractivity contribution in [3.8, 4) is 11.5 Å². The van der Waals surface area contributed by atoms with E-state index in [0.29, 0.717) is 17.1 Å². The number of hydrogen-bond donors (Lipinski definition) is 0. The van der Waals surface area contributed by atoms with Gasteiger partial charge in [0, 0.05) is 6.07 Å². The fourth-order valence-electron chi connectivity index (χ4n) is 2.70. The van der Waals surface area contributed by atoms with E-state index in [2.05, 4.69) is 32.9 Å². The van der Waals surface area contributed by atoms with Gasteiger partial charge in [0.2, 0.25) is 5.78 Å². The molecule has 0 spiro atoms. The number of fused-ring (bicyclic) bond motifs is 1. The Morgan fingerprint density at radius 1 is 1.07 bits per heavy atom. The Morgan fingerprint density at radius 3 is 2.33 bits per heavy atom. The Bertz CT molecular complexity index is 912. The van der Waals surface area contributed by atoms with Crippen LogP contribution in [0.15, 0.2) is 48.2 Å².